The molecule has 2 fully saturated rings. The van der Waals surface area contributed by atoms with Crippen molar-refractivity contribution in [2.24, 2.45) is 11.7 Å². The molecule has 0 spiro atoms. The fourth-order valence-electron chi connectivity index (χ4n) is 4.96. The van der Waals surface area contributed by atoms with Crippen LogP contribution in [0.25, 0.3) is 0 Å². The number of benzene rings is 2. The molecule has 1 amide bonds. The minimum absolute atomic E-state index is 0.141. The van der Waals surface area contributed by atoms with Crippen LogP contribution in [0.5, 0.6) is 11.5 Å². The number of likely N-dealkylation sites (tertiary alicyclic amines) is 1. The van der Waals surface area contributed by atoms with Gasteiger partial charge in [0.25, 0.3) is 0 Å². The van der Waals surface area contributed by atoms with E-state index in [4.69, 9.17) is 10.5 Å². The Morgan fingerprint density at radius 2 is 1.58 bits per heavy atom. The number of carbonyl (C=O) groups excluding carboxylic acids is 1. The lowest BCUT2D eigenvalue weighted by Gasteiger charge is -2.38. The minimum Gasteiger partial charge on any atom is -0.457 e. The average Bonchev–Trinajstić information content (AvgIpc) is 2.91. The van der Waals surface area contributed by atoms with Crippen LogP contribution in [0.2, 0.25) is 0 Å². The third-order valence-electron chi connectivity index (χ3n) is 6.98. The Morgan fingerprint density at radius 3 is 2.22 bits per heavy atom. The van der Waals surface area contributed by atoms with Crippen LogP contribution in [0.4, 0.5) is 0 Å². The molecule has 2 N–H and O–H groups in total. The van der Waals surface area contributed by atoms with Crippen molar-refractivity contribution in [1.29, 1.82) is 0 Å². The molecule has 0 aliphatic carbocycles. The smallest absolute Gasteiger partial charge is 0.225 e. The second kappa shape index (κ2) is 13.1. The number of amides is 1. The van der Waals surface area contributed by atoms with Gasteiger partial charge in [-0.15, -0.1) is 0 Å². The zero-order valence-electron chi connectivity index (χ0n) is 21.1. The number of hydrogen-bond donors (Lipinski definition) is 1. The Hall–Kier alpha value is -3.35. The molecule has 2 heterocycles. The maximum atomic E-state index is 13.2. The highest BCUT2D eigenvalue weighted by atomic mass is 16.5. The topological polar surface area (TPSA) is 62.0 Å². The summed E-state index contributed by atoms with van der Waals surface area (Å²) < 4.78 is 5.89. The maximum absolute atomic E-state index is 13.2. The molecule has 0 aromatic heterocycles. The number of ether oxygens (including phenoxy) is 1. The van der Waals surface area contributed by atoms with Crippen molar-refractivity contribution in [2.45, 2.75) is 19.4 Å². The summed E-state index contributed by atoms with van der Waals surface area (Å²) in [4.78, 5) is 20.1. The summed E-state index contributed by atoms with van der Waals surface area (Å²) in [5.74, 6) is 2.16. The molecule has 0 bridgehead atoms. The molecule has 2 aromatic carbocycles. The number of piperazine rings is 1. The Labute approximate surface area is 215 Å². The van der Waals surface area contributed by atoms with Crippen LogP contribution < -0.4 is 10.5 Å². The van der Waals surface area contributed by atoms with Crippen molar-refractivity contribution in [1.82, 2.24) is 14.7 Å². The lowest BCUT2D eigenvalue weighted by atomic mass is 9.94. The number of nitrogens with two attached hydrogens (primary N) is 1. The third kappa shape index (κ3) is 7.33. The van der Waals surface area contributed by atoms with Gasteiger partial charge in [-0.05, 0) is 73.6 Å². The summed E-state index contributed by atoms with van der Waals surface area (Å²) in [6.45, 7) is 10.8. The lowest BCUT2D eigenvalue weighted by Crippen LogP contribution is -2.51. The second-order valence-electron chi connectivity index (χ2n) is 9.55. The van der Waals surface area contributed by atoms with Gasteiger partial charge in [-0.25, -0.2) is 0 Å². The molecule has 36 heavy (non-hydrogen) atoms. The first-order valence-corrected chi connectivity index (χ1v) is 12.9. The fraction of sp³-hybridized carbons (Fsp3) is 0.367. The molecule has 0 unspecified atom stereocenters. The van der Waals surface area contributed by atoms with E-state index >= 15 is 0 Å². The van der Waals surface area contributed by atoms with E-state index in [-0.39, 0.29) is 5.92 Å². The van der Waals surface area contributed by atoms with Gasteiger partial charge in [-0.3, -0.25) is 14.6 Å². The van der Waals surface area contributed by atoms with Crippen LogP contribution in [-0.4, -0.2) is 66.4 Å². The van der Waals surface area contributed by atoms with Gasteiger partial charge in [-0.1, -0.05) is 49.1 Å². The molecule has 4 rings (SSSR count). The Bertz CT molecular complexity index is 1030. The predicted molar refractivity (Wildman–Crippen MR) is 146 cm³/mol. The standard InChI is InChI=1S/C30H38N4O2/c1-2-6-25(13-16-31)23-32-17-14-27(15-18-32)30(35)34-21-19-33(20-22-34)24-26-9-11-29(12-10-26)36-28-7-4-3-5-8-28/h2-13,16,27H,1,14-15,17-24,31H2/b16-13-,25-6+. The predicted octanol–water partition coefficient (Wildman–Crippen LogP) is 4.42. The third-order valence-corrected chi connectivity index (χ3v) is 6.98. The number of rotatable bonds is 9. The normalized spacial score (nSPS) is 18.4. The highest BCUT2D eigenvalue weighted by Crippen LogP contribution is 2.23. The molecule has 0 saturated carbocycles. The second-order valence-corrected chi connectivity index (χ2v) is 9.55. The van der Waals surface area contributed by atoms with E-state index in [2.05, 4.69) is 33.4 Å². The number of allylic oxidation sites excluding steroid dienone is 2. The number of nitrogens with zero attached hydrogens (tertiary/aromatic N) is 3. The summed E-state index contributed by atoms with van der Waals surface area (Å²) in [7, 11) is 0. The first kappa shape index (κ1) is 25.7. The summed E-state index contributed by atoms with van der Waals surface area (Å²) in [5, 5.41) is 0. The number of carbonyl (C=O) groups is 1. The van der Waals surface area contributed by atoms with E-state index in [1.807, 2.05) is 54.6 Å². The van der Waals surface area contributed by atoms with E-state index in [0.29, 0.717) is 5.91 Å². The van der Waals surface area contributed by atoms with Gasteiger partial charge in [0.05, 0.1) is 0 Å². The van der Waals surface area contributed by atoms with Crippen LogP contribution in [-0.2, 0) is 11.3 Å². The number of para-hydroxylation sites is 1. The molecular formula is C30H38N4O2. The van der Waals surface area contributed by atoms with Crippen molar-refractivity contribution in [2.75, 3.05) is 45.8 Å². The zero-order chi connectivity index (χ0) is 25.2. The maximum Gasteiger partial charge on any atom is 0.225 e. The van der Waals surface area contributed by atoms with Crippen molar-refractivity contribution < 1.29 is 9.53 Å². The Balaban J connectivity index is 1.19. The highest BCUT2D eigenvalue weighted by molar-refractivity contribution is 5.79. The van der Waals surface area contributed by atoms with Crippen molar-refractivity contribution in [3.8, 4) is 11.5 Å². The summed E-state index contributed by atoms with van der Waals surface area (Å²) in [6.07, 6.45) is 9.12. The summed E-state index contributed by atoms with van der Waals surface area (Å²) in [6, 6.07) is 18.1. The van der Waals surface area contributed by atoms with E-state index in [1.54, 1.807) is 12.3 Å². The van der Waals surface area contributed by atoms with Gasteiger partial charge in [0, 0.05) is 45.2 Å². The molecule has 6 heteroatoms. The van der Waals surface area contributed by atoms with Gasteiger partial charge >= 0.3 is 0 Å². The van der Waals surface area contributed by atoms with E-state index in [1.165, 1.54) is 5.56 Å². The van der Waals surface area contributed by atoms with E-state index in [9.17, 15) is 4.79 Å². The average molecular weight is 487 g/mol. The molecule has 0 atom stereocenters. The van der Waals surface area contributed by atoms with Crippen molar-refractivity contribution in [3.05, 3.63) is 96.7 Å². The zero-order valence-corrected chi connectivity index (χ0v) is 21.1. The van der Waals surface area contributed by atoms with Crippen LogP contribution in [0.3, 0.4) is 0 Å². The van der Waals surface area contributed by atoms with Crippen LogP contribution in [0.1, 0.15) is 18.4 Å². The largest absolute Gasteiger partial charge is 0.457 e. The molecule has 190 valence electrons. The molecule has 2 aliphatic heterocycles. The first-order valence-electron chi connectivity index (χ1n) is 12.9. The molecule has 6 nitrogen and oxygen atoms in total. The van der Waals surface area contributed by atoms with Gasteiger partial charge < -0.3 is 15.4 Å². The molecule has 2 aromatic rings. The first-order chi connectivity index (χ1) is 17.6. The van der Waals surface area contributed by atoms with Crippen LogP contribution in [0, 0.1) is 5.92 Å². The fourth-order valence-corrected chi connectivity index (χ4v) is 4.96. The SMILES string of the molecule is C=C/C=C(\C=C/N)CN1CCC(C(=O)N2CCN(Cc3ccc(Oc4ccccc4)cc3)CC2)CC1. The van der Waals surface area contributed by atoms with Crippen molar-refractivity contribution in [3.63, 3.8) is 0 Å². The van der Waals surface area contributed by atoms with Crippen molar-refractivity contribution >= 4 is 5.91 Å². The summed E-state index contributed by atoms with van der Waals surface area (Å²) in [5.41, 5.74) is 7.97. The molecular weight excluding hydrogens is 448 g/mol. The van der Waals surface area contributed by atoms with Gasteiger partial charge in [0.1, 0.15) is 11.5 Å². The van der Waals surface area contributed by atoms with Crippen LogP contribution >= 0.6 is 0 Å². The van der Waals surface area contributed by atoms with Crippen LogP contribution in [0.15, 0.2) is 91.2 Å². The highest BCUT2D eigenvalue weighted by Gasteiger charge is 2.30. The minimum atomic E-state index is 0.141. The number of hydrogen-bond acceptors (Lipinski definition) is 5. The van der Waals surface area contributed by atoms with E-state index < -0.39 is 0 Å². The van der Waals surface area contributed by atoms with Gasteiger partial charge in [-0.2, -0.15) is 0 Å². The molecule has 2 saturated heterocycles. The molecule has 0 radical (unpaired) electrons. The quantitative estimate of drug-likeness (QED) is 0.532. The number of piperidine rings is 1. The van der Waals surface area contributed by atoms with Gasteiger partial charge in [0.2, 0.25) is 5.91 Å². The Kier molecular flexibility index (Phi) is 9.36. The Morgan fingerprint density at radius 1 is 0.917 bits per heavy atom. The van der Waals surface area contributed by atoms with Gasteiger partial charge in [0.15, 0.2) is 0 Å². The lowest BCUT2D eigenvalue weighted by molar-refractivity contribution is -0.138. The van der Waals surface area contributed by atoms with E-state index in [0.717, 1.165) is 82.3 Å². The monoisotopic (exact) mass is 486 g/mol. The molecule has 2 aliphatic rings. The summed E-state index contributed by atoms with van der Waals surface area (Å²) >= 11 is 0.